The third-order valence-corrected chi connectivity index (χ3v) is 4.54. The molecule has 4 nitrogen and oxygen atoms in total. The monoisotopic (exact) mass is 308 g/mol. The number of rotatable bonds is 3. The predicted molar refractivity (Wildman–Crippen MR) is 91.4 cm³/mol. The maximum absolute atomic E-state index is 12.5. The van der Waals surface area contributed by atoms with Gasteiger partial charge in [-0.2, -0.15) is 16.4 Å². The second-order valence-electron chi connectivity index (χ2n) is 5.21. The van der Waals surface area contributed by atoms with Crippen molar-refractivity contribution in [1.82, 2.24) is 9.78 Å². The molecule has 0 aliphatic carbocycles. The van der Waals surface area contributed by atoms with Gasteiger partial charge in [0.05, 0.1) is 11.1 Å². The Morgan fingerprint density at radius 2 is 2.05 bits per heavy atom. The van der Waals surface area contributed by atoms with Crippen molar-refractivity contribution in [2.24, 2.45) is 0 Å². The van der Waals surface area contributed by atoms with Gasteiger partial charge < -0.3 is 4.42 Å². The Labute approximate surface area is 131 Å². The van der Waals surface area contributed by atoms with Crippen LogP contribution in [0.3, 0.4) is 0 Å². The van der Waals surface area contributed by atoms with Gasteiger partial charge in [0.25, 0.3) is 5.56 Å². The molecule has 0 radical (unpaired) electrons. The van der Waals surface area contributed by atoms with Gasteiger partial charge in [0.15, 0.2) is 0 Å². The Kier molecular flexibility index (Phi) is 3.12. The highest BCUT2D eigenvalue weighted by molar-refractivity contribution is 7.09. The summed E-state index contributed by atoms with van der Waals surface area (Å²) in [6.07, 6.45) is 0.799. The van der Waals surface area contributed by atoms with Crippen LogP contribution in [0.15, 0.2) is 50.3 Å². The maximum Gasteiger partial charge on any atom is 0.275 e. The zero-order valence-corrected chi connectivity index (χ0v) is 12.9. The van der Waals surface area contributed by atoms with Gasteiger partial charge in [-0.05, 0) is 18.5 Å². The van der Waals surface area contributed by atoms with Crippen molar-refractivity contribution >= 4 is 40.9 Å². The van der Waals surface area contributed by atoms with Crippen LogP contribution >= 0.6 is 11.3 Å². The van der Waals surface area contributed by atoms with Crippen molar-refractivity contribution in [3.05, 3.63) is 62.9 Å². The van der Waals surface area contributed by atoms with Crippen LogP contribution in [-0.4, -0.2) is 17.6 Å². The lowest BCUT2D eigenvalue weighted by Gasteiger charge is -2.06. The number of hydrogen-bond donors (Lipinski definition) is 0. The van der Waals surface area contributed by atoms with Crippen LogP contribution in [0, 0.1) is 0 Å². The van der Waals surface area contributed by atoms with Crippen molar-refractivity contribution in [3.8, 4) is 0 Å². The second-order valence-corrected chi connectivity index (χ2v) is 5.96. The van der Waals surface area contributed by atoms with Gasteiger partial charge in [-0.1, -0.05) is 18.2 Å². The van der Waals surface area contributed by atoms with Crippen LogP contribution in [0.4, 0.5) is 0 Å². The summed E-state index contributed by atoms with van der Waals surface area (Å²) >= 11 is 1.54. The van der Waals surface area contributed by atoms with Gasteiger partial charge >= 0.3 is 0 Å². The molecule has 1 aromatic carbocycles. The van der Waals surface area contributed by atoms with E-state index in [1.807, 2.05) is 41.1 Å². The van der Waals surface area contributed by atoms with E-state index in [2.05, 4.69) is 12.9 Å². The van der Waals surface area contributed by atoms with Gasteiger partial charge in [-0.15, -0.1) is 0 Å². The fourth-order valence-electron chi connectivity index (χ4n) is 2.70. The molecular formula is C16H13BN2O2S. The average Bonchev–Trinajstić information content (AvgIpc) is 3.16. The van der Waals surface area contributed by atoms with Crippen LogP contribution in [0.1, 0.15) is 11.5 Å². The summed E-state index contributed by atoms with van der Waals surface area (Å²) in [5.41, 5.74) is 1.72. The predicted octanol–water partition coefficient (Wildman–Crippen LogP) is 2.39. The first-order valence-electron chi connectivity index (χ1n) is 7.19. The fourth-order valence-corrected chi connectivity index (χ4v) is 3.53. The van der Waals surface area contributed by atoms with E-state index in [9.17, 15) is 4.79 Å². The van der Waals surface area contributed by atoms with Gasteiger partial charge in [-0.25, -0.2) is 4.68 Å². The van der Waals surface area contributed by atoms with Crippen molar-refractivity contribution in [2.45, 2.75) is 12.9 Å². The number of para-hydroxylation sites is 1. The van der Waals surface area contributed by atoms with Crippen LogP contribution in [0.25, 0.3) is 21.7 Å². The molecule has 22 heavy (non-hydrogen) atoms. The maximum atomic E-state index is 12.5. The number of nitrogens with zero attached hydrogens (tertiary/aromatic N) is 2. The summed E-state index contributed by atoms with van der Waals surface area (Å²) in [4.78, 5) is 12.5. The van der Waals surface area contributed by atoms with Crippen molar-refractivity contribution < 1.29 is 4.42 Å². The summed E-state index contributed by atoms with van der Waals surface area (Å²) in [5.74, 6) is 0.743. The minimum Gasteiger partial charge on any atom is -0.459 e. The third kappa shape index (κ3) is 2.07. The number of furan rings is 1. The van der Waals surface area contributed by atoms with Gasteiger partial charge in [0, 0.05) is 21.5 Å². The zero-order chi connectivity index (χ0) is 15.1. The molecule has 0 aliphatic heterocycles. The summed E-state index contributed by atoms with van der Waals surface area (Å²) in [6.45, 7) is 0.353. The lowest BCUT2D eigenvalue weighted by Crippen LogP contribution is -2.24. The SMILES string of the molecule is BCc1nn(Cc2cc3ccccc3o2)c(=O)c2cscc12. The van der Waals surface area contributed by atoms with Crippen LogP contribution in [0.5, 0.6) is 0 Å². The highest BCUT2D eigenvalue weighted by Crippen LogP contribution is 2.21. The molecule has 108 valence electrons. The normalized spacial score (nSPS) is 11.5. The summed E-state index contributed by atoms with van der Waals surface area (Å²) in [6, 6.07) is 9.80. The fraction of sp³-hybridized carbons (Fsp3) is 0.125. The van der Waals surface area contributed by atoms with E-state index in [0.29, 0.717) is 6.54 Å². The largest absolute Gasteiger partial charge is 0.459 e. The molecule has 3 aromatic heterocycles. The number of hydrogen-bond acceptors (Lipinski definition) is 4. The quantitative estimate of drug-likeness (QED) is 0.546. The average molecular weight is 308 g/mol. The number of thiophene rings is 1. The molecule has 0 amide bonds. The van der Waals surface area contributed by atoms with E-state index in [4.69, 9.17) is 4.42 Å². The van der Waals surface area contributed by atoms with E-state index in [1.54, 1.807) is 0 Å². The molecule has 0 aliphatic rings. The Hall–Kier alpha value is -2.34. The molecule has 3 heterocycles. The Balaban J connectivity index is 1.83. The minimum absolute atomic E-state index is 0.0612. The molecule has 0 fully saturated rings. The smallest absolute Gasteiger partial charge is 0.275 e. The molecule has 0 spiro atoms. The lowest BCUT2D eigenvalue weighted by molar-refractivity contribution is 0.498. The van der Waals surface area contributed by atoms with E-state index in [0.717, 1.165) is 39.5 Å². The standard InChI is InChI=1S/C16H13BN2O2S/c17-6-14-12-8-22-9-13(12)16(20)19(18-14)7-11-5-10-3-1-2-4-15(10)21-11/h1-5,8-9H,6-7,17H2. The number of fused-ring (bicyclic) bond motifs is 2. The summed E-state index contributed by atoms with van der Waals surface area (Å²) in [7, 11) is 2.05. The van der Waals surface area contributed by atoms with Crippen molar-refractivity contribution in [1.29, 1.82) is 0 Å². The van der Waals surface area contributed by atoms with Gasteiger partial charge in [-0.3, -0.25) is 4.79 Å². The highest BCUT2D eigenvalue weighted by Gasteiger charge is 2.12. The Bertz CT molecular complexity index is 998. The zero-order valence-electron chi connectivity index (χ0n) is 12.1. The second kappa shape index (κ2) is 5.14. The molecule has 4 rings (SSSR count). The molecule has 0 saturated carbocycles. The molecule has 0 unspecified atom stereocenters. The topological polar surface area (TPSA) is 48.0 Å². The molecular weight excluding hydrogens is 295 g/mol. The number of aromatic nitrogens is 2. The van der Waals surface area contributed by atoms with Gasteiger partial charge in [0.1, 0.15) is 25.7 Å². The van der Waals surface area contributed by atoms with Crippen LogP contribution in [0.2, 0.25) is 0 Å². The van der Waals surface area contributed by atoms with Crippen LogP contribution < -0.4 is 5.56 Å². The molecule has 0 saturated heterocycles. The van der Waals surface area contributed by atoms with E-state index in [1.165, 1.54) is 16.0 Å². The first-order chi connectivity index (χ1) is 10.8. The van der Waals surface area contributed by atoms with Crippen LogP contribution in [-0.2, 0) is 12.9 Å². The third-order valence-electron chi connectivity index (χ3n) is 3.80. The Morgan fingerprint density at radius 3 is 2.86 bits per heavy atom. The minimum atomic E-state index is -0.0612. The lowest BCUT2D eigenvalue weighted by atomic mass is 9.99. The van der Waals surface area contributed by atoms with E-state index in [-0.39, 0.29) is 5.56 Å². The molecule has 0 bridgehead atoms. The van der Waals surface area contributed by atoms with Crippen molar-refractivity contribution in [2.75, 3.05) is 0 Å². The number of benzene rings is 1. The first kappa shape index (κ1) is 13.3. The van der Waals surface area contributed by atoms with E-state index < -0.39 is 0 Å². The molecule has 0 N–H and O–H groups in total. The van der Waals surface area contributed by atoms with Gasteiger partial charge in [0.2, 0.25) is 0 Å². The molecule has 0 atom stereocenters. The Morgan fingerprint density at radius 1 is 1.23 bits per heavy atom. The highest BCUT2D eigenvalue weighted by atomic mass is 32.1. The summed E-state index contributed by atoms with van der Waals surface area (Å²) < 4.78 is 7.30. The molecule has 6 heteroatoms. The molecule has 4 aromatic rings. The van der Waals surface area contributed by atoms with Crippen molar-refractivity contribution in [3.63, 3.8) is 0 Å². The summed E-state index contributed by atoms with van der Waals surface area (Å²) in [5, 5.41) is 11.2. The first-order valence-corrected chi connectivity index (χ1v) is 8.14. The van der Waals surface area contributed by atoms with E-state index >= 15 is 0 Å².